The lowest BCUT2D eigenvalue weighted by molar-refractivity contribution is 0.0601. The maximum atomic E-state index is 13.6. The number of anilines is 2. The number of carbonyl (C=O) groups excluding carboxylic acids is 2. The van der Waals surface area contributed by atoms with Gasteiger partial charge in [0.05, 0.1) is 18.4 Å². The number of carbonyl (C=O) groups is 2. The molecule has 7 heteroatoms. The Hall–Kier alpha value is -3.74. The molecule has 2 aromatic carbocycles. The molecule has 0 bridgehead atoms. The molecular formula is C22H20FN3O3. The topological polar surface area (TPSA) is 80.3 Å². The fourth-order valence-electron chi connectivity index (χ4n) is 2.77. The summed E-state index contributed by atoms with van der Waals surface area (Å²) in [6.45, 7) is 0.282. The Balaban J connectivity index is 1.66. The highest BCUT2D eigenvalue weighted by molar-refractivity contribution is 5.97. The molecule has 0 saturated carbocycles. The lowest BCUT2D eigenvalue weighted by Gasteiger charge is -2.11. The minimum atomic E-state index is -0.465. The van der Waals surface area contributed by atoms with E-state index in [1.807, 2.05) is 0 Å². The van der Waals surface area contributed by atoms with Gasteiger partial charge in [-0.2, -0.15) is 0 Å². The molecule has 0 aliphatic carbocycles. The summed E-state index contributed by atoms with van der Waals surface area (Å²) in [5, 5.41) is 5.84. The molecule has 1 aromatic heterocycles. The average Bonchev–Trinajstić information content (AvgIpc) is 2.75. The van der Waals surface area contributed by atoms with Gasteiger partial charge in [0.25, 0.3) is 5.91 Å². The maximum Gasteiger partial charge on any atom is 0.339 e. The van der Waals surface area contributed by atoms with Crippen molar-refractivity contribution in [2.75, 3.05) is 19.0 Å². The van der Waals surface area contributed by atoms with E-state index in [0.29, 0.717) is 28.9 Å². The van der Waals surface area contributed by atoms with Crippen LogP contribution >= 0.6 is 0 Å². The number of esters is 1. The molecule has 2 N–H and O–H groups in total. The van der Waals surface area contributed by atoms with Crippen LogP contribution in [0, 0.1) is 5.82 Å². The molecule has 0 aliphatic rings. The Bertz CT molecular complexity index is 1020. The van der Waals surface area contributed by atoms with Crippen LogP contribution in [0.1, 0.15) is 26.4 Å². The zero-order valence-electron chi connectivity index (χ0n) is 15.8. The number of nitrogens with one attached hydrogen (secondary N) is 2. The smallest absolute Gasteiger partial charge is 0.339 e. The lowest BCUT2D eigenvalue weighted by Crippen LogP contribution is -2.26. The molecule has 0 fully saturated rings. The number of para-hydroxylation sites is 1. The van der Waals surface area contributed by atoms with Crippen molar-refractivity contribution in [2.45, 2.75) is 6.42 Å². The summed E-state index contributed by atoms with van der Waals surface area (Å²) in [5.74, 6) is -1.13. The van der Waals surface area contributed by atoms with Gasteiger partial charge in [0.2, 0.25) is 0 Å². The van der Waals surface area contributed by atoms with E-state index in [0.717, 1.165) is 0 Å². The fourth-order valence-corrected chi connectivity index (χ4v) is 2.77. The molecule has 0 aliphatic heterocycles. The van der Waals surface area contributed by atoms with Crippen LogP contribution in [0.2, 0.25) is 0 Å². The van der Waals surface area contributed by atoms with Crippen LogP contribution in [0.5, 0.6) is 0 Å². The zero-order chi connectivity index (χ0) is 20.6. The van der Waals surface area contributed by atoms with Crippen LogP contribution in [0.4, 0.5) is 15.8 Å². The number of amides is 1. The molecule has 6 nitrogen and oxygen atoms in total. The van der Waals surface area contributed by atoms with Crippen molar-refractivity contribution in [3.05, 3.63) is 89.5 Å². The van der Waals surface area contributed by atoms with Gasteiger partial charge in [-0.15, -0.1) is 0 Å². The molecular weight excluding hydrogens is 373 g/mol. The van der Waals surface area contributed by atoms with Crippen LogP contribution in [-0.4, -0.2) is 30.5 Å². The third-order valence-electron chi connectivity index (χ3n) is 4.24. The Morgan fingerprint density at radius 3 is 2.62 bits per heavy atom. The van der Waals surface area contributed by atoms with E-state index >= 15 is 0 Å². The first-order valence-electron chi connectivity index (χ1n) is 9.00. The SMILES string of the molecule is COC(=O)c1ccccc1Nc1ccnc(C(=O)NCCc2ccccc2F)c1. The molecule has 3 rings (SSSR count). The molecule has 1 amide bonds. The zero-order valence-corrected chi connectivity index (χ0v) is 15.8. The number of aromatic nitrogens is 1. The molecule has 0 unspecified atom stereocenters. The Morgan fingerprint density at radius 1 is 1.07 bits per heavy atom. The van der Waals surface area contributed by atoms with Gasteiger partial charge in [-0.1, -0.05) is 30.3 Å². The van der Waals surface area contributed by atoms with Crippen molar-refractivity contribution in [2.24, 2.45) is 0 Å². The number of rotatable bonds is 7. The highest BCUT2D eigenvalue weighted by Crippen LogP contribution is 2.21. The third-order valence-corrected chi connectivity index (χ3v) is 4.24. The van der Waals surface area contributed by atoms with E-state index in [2.05, 4.69) is 15.6 Å². The quantitative estimate of drug-likeness (QED) is 0.598. The van der Waals surface area contributed by atoms with Crippen LogP contribution in [-0.2, 0) is 11.2 Å². The fraction of sp³-hybridized carbons (Fsp3) is 0.136. The molecule has 0 saturated heterocycles. The van der Waals surface area contributed by atoms with Gasteiger partial charge in [0.15, 0.2) is 0 Å². The van der Waals surface area contributed by atoms with Gasteiger partial charge in [0, 0.05) is 18.4 Å². The second-order valence-corrected chi connectivity index (χ2v) is 6.19. The predicted octanol–water partition coefficient (Wildman–Crippen LogP) is 3.72. The normalized spacial score (nSPS) is 10.3. The number of methoxy groups -OCH3 is 1. The summed E-state index contributed by atoms with van der Waals surface area (Å²) >= 11 is 0. The first-order valence-corrected chi connectivity index (χ1v) is 9.00. The number of pyridine rings is 1. The summed E-state index contributed by atoms with van der Waals surface area (Å²) in [7, 11) is 1.31. The molecule has 29 heavy (non-hydrogen) atoms. The van der Waals surface area contributed by atoms with Crippen molar-refractivity contribution < 1.29 is 18.7 Å². The van der Waals surface area contributed by atoms with Crippen molar-refractivity contribution in [3.63, 3.8) is 0 Å². The van der Waals surface area contributed by atoms with Crippen LogP contribution in [0.3, 0.4) is 0 Å². The average molecular weight is 393 g/mol. The highest BCUT2D eigenvalue weighted by atomic mass is 19.1. The van der Waals surface area contributed by atoms with Crippen LogP contribution in [0.15, 0.2) is 66.9 Å². The van der Waals surface area contributed by atoms with Crippen molar-refractivity contribution >= 4 is 23.3 Å². The summed E-state index contributed by atoms with van der Waals surface area (Å²) < 4.78 is 18.4. The standard InChI is InChI=1S/C22H20FN3O3/c1-29-22(28)17-7-3-5-9-19(17)26-16-11-13-24-20(14-16)21(27)25-12-10-15-6-2-4-8-18(15)23/h2-9,11,13-14H,10,12H2,1H3,(H,24,26)(H,25,27). The van der Waals surface area contributed by atoms with Crippen LogP contribution in [0.25, 0.3) is 0 Å². The monoisotopic (exact) mass is 393 g/mol. The maximum absolute atomic E-state index is 13.6. The van der Waals surface area contributed by atoms with E-state index in [9.17, 15) is 14.0 Å². The summed E-state index contributed by atoms with van der Waals surface area (Å²) in [4.78, 5) is 28.4. The number of halogens is 1. The summed E-state index contributed by atoms with van der Waals surface area (Å²) in [6, 6.07) is 16.6. The Kier molecular flexibility index (Phi) is 6.52. The molecule has 0 radical (unpaired) electrons. The largest absolute Gasteiger partial charge is 0.465 e. The van der Waals surface area contributed by atoms with Gasteiger partial charge in [-0.05, 0) is 42.3 Å². The van der Waals surface area contributed by atoms with E-state index < -0.39 is 5.97 Å². The van der Waals surface area contributed by atoms with Crippen molar-refractivity contribution in [1.82, 2.24) is 10.3 Å². The van der Waals surface area contributed by atoms with E-state index in [1.165, 1.54) is 19.4 Å². The number of hydrogen-bond acceptors (Lipinski definition) is 5. The number of ether oxygens (including phenoxy) is 1. The third kappa shape index (κ3) is 5.16. The molecule has 0 spiro atoms. The Labute approximate surface area is 167 Å². The predicted molar refractivity (Wildman–Crippen MR) is 108 cm³/mol. The highest BCUT2D eigenvalue weighted by Gasteiger charge is 2.13. The van der Waals surface area contributed by atoms with Gasteiger partial charge < -0.3 is 15.4 Å². The molecule has 3 aromatic rings. The van der Waals surface area contributed by atoms with E-state index in [-0.39, 0.29) is 24.0 Å². The van der Waals surface area contributed by atoms with Gasteiger partial charge >= 0.3 is 5.97 Å². The second-order valence-electron chi connectivity index (χ2n) is 6.19. The van der Waals surface area contributed by atoms with E-state index in [4.69, 9.17) is 4.74 Å². The minimum Gasteiger partial charge on any atom is -0.465 e. The van der Waals surface area contributed by atoms with Gasteiger partial charge in [0.1, 0.15) is 11.5 Å². The first kappa shape index (κ1) is 20.0. The number of benzene rings is 2. The van der Waals surface area contributed by atoms with Gasteiger partial charge in [-0.25, -0.2) is 9.18 Å². The van der Waals surface area contributed by atoms with Crippen molar-refractivity contribution in [1.29, 1.82) is 0 Å². The Morgan fingerprint density at radius 2 is 1.83 bits per heavy atom. The lowest BCUT2D eigenvalue weighted by atomic mass is 10.1. The minimum absolute atomic E-state index is 0.207. The van der Waals surface area contributed by atoms with Crippen molar-refractivity contribution in [3.8, 4) is 0 Å². The molecule has 0 atom stereocenters. The van der Waals surface area contributed by atoms with E-state index in [1.54, 1.807) is 54.6 Å². The molecule has 1 heterocycles. The van der Waals surface area contributed by atoms with Gasteiger partial charge in [-0.3, -0.25) is 9.78 Å². The molecule has 148 valence electrons. The second kappa shape index (κ2) is 9.45. The summed E-state index contributed by atoms with van der Waals surface area (Å²) in [5.41, 5.74) is 2.27. The number of nitrogens with zero attached hydrogens (tertiary/aromatic N) is 1. The summed E-state index contributed by atoms with van der Waals surface area (Å²) in [6.07, 6.45) is 1.87. The van der Waals surface area contributed by atoms with Crippen LogP contribution < -0.4 is 10.6 Å². The first-order chi connectivity index (χ1) is 14.1. The number of hydrogen-bond donors (Lipinski definition) is 2.